The predicted octanol–water partition coefficient (Wildman–Crippen LogP) is 1.07. The largest absolute Gasteiger partial charge is 0.393 e. The van der Waals surface area contributed by atoms with Gasteiger partial charge in [-0.15, -0.1) is 0 Å². The van der Waals surface area contributed by atoms with Gasteiger partial charge in [0, 0.05) is 18.7 Å². The van der Waals surface area contributed by atoms with Crippen LogP contribution in [0.1, 0.15) is 24.2 Å². The SMILES string of the molecule is CNc1nc(C)nc(NC2CC(O)C2)c1C. The number of anilines is 2. The summed E-state index contributed by atoms with van der Waals surface area (Å²) >= 11 is 0. The van der Waals surface area contributed by atoms with Crippen molar-refractivity contribution in [3.05, 3.63) is 11.4 Å². The number of hydrogen-bond donors (Lipinski definition) is 3. The van der Waals surface area contributed by atoms with Gasteiger partial charge in [-0.1, -0.05) is 0 Å². The highest BCUT2D eigenvalue weighted by Crippen LogP contribution is 2.26. The van der Waals surface area contributed by atoms with Gasteiger partial charge in [0.25, 0.3) is 0 Å². The van der Waals surface area contributed by atoms with Crippen LogP contribution in [-0.4, -0.2) is 34.3 Å². The molecule has 0 radical (unpaired) electrons. The van der Waals surface area contributed by atoms with Crippen LogP contribution in [0, 0.1) is 13.8 Å². The van der Waals surface area contributed by atoms with Gasteiger partial charge in [0.1, 0.15) is 17.5 Å². The van der Waals surface area contributed by atoms with Crippen molar-refractivity contribution in [1.29, 1.82) is 0 Å². The van der Waals surface area contributed by atoms with E-state index < -0.39 is 0 Å². The average Bonchev–Trinajstić information content (AvgIpc) is 2.20. The Morgan fingerprint density at radius 2 is 1.81 bits per heavy atom. The lowest BCUT2D eigenvalue weighted by Crippen LogP contribution is -2.39. The van der Waals surface area contributed by atoms with Crippen LogP contribution in [0.15, 0.2) is 0 Å². The van der Waals surface area contributed by atoms with Gasteiger partial charge in [-0.2, -0.15) is 0 Å². The molecule has 16 heavy (non-hydrogen) atoms. The molecule has 0 unspecified atom stereocenters. The Morgan fingerprint density at radius 3 is 2.38 bits per heavy atom. The van der Waals surface area contributed by atoms with Gasteiger partial charge in [0.05, 0.1) is 6.10 Å². The molecule has 1 aliphatic carbocycles. The molecule has 3 N–H and O–H groups in total. The summed E-state index contributed by atoms with van der Waals surface area (Å²) in [5.74, 6) is 2.47. The molecular weight excluding hydrogens is 204 g/mol. The molecule has 0 aliphatic heterocycles. The number of aliphatic hydroxyl groups is 1. The van der Waals surface area contributed by atoms with E-state index in [1.807, 2.05) is 20.9 Å². The van der Waals surface area contributed by atoms with Crippen molar-refractivity contribution in [3.63, 3.8) is 0 Å². The molecule has 5 nitrogen and oxygen atoms in total. The van der Waals surface area contributed by atoms with Crippen LogP contribution >= 0.6 is 0 Å². The lowest BCUT2D eigenvalue weighted by atomic mass is 9.89. The Morgan fingerprint density at radius 1 is 1.19 bits per heavy atom. The van der Waals surface area contributed by atoms with Crippen molar-refractivity contribution >= 4 is 11.6 Å². The van der Waals surface area contributed by atoms with Crippen LogP contribution < -0.4 is 10.6 Å². The zero-order valence-corrected chi connectivity index (χ0v) is 9.91. The molecule has 1 heterocycles. The third kappa shape index (κ3) is 2.09. The van der Waals surface area contributed by atoms with Crippen LogP contribution in [0.25, 0.3) is 0 Å². The van der Waals surface area contributed by atoms with E-state index >= 15 is 0 Å². The van der Waals surface area contributed by atoms with Crippen molar-refractivity contribution in [1.82, 2.24) is 9.97 Å². The highest BCUT2D eigenvalue weighted by molar-refractivity contribution is 5.57. The van der Waals surface area contributed by atoms with Crippen molar-refractivity contribution in [2.75, 3.05) is 17.7 Å². The Labute approximate surface area is 95.3 Å². The maximum Gasteiger partial charge on any atom is 0.134 e. The second-order valence-electron chi connectivity index (χ2n) is 4.31. The van der Waals surface area contributed by atoms with Crippen molar-refractivity contribution in [3.8, 4) is 0 Å². The molecule has 1 aromatic rings. The zero-order valence-electron chi connectivity index (χ0n) is 9.91. The lowest BCUT2D eigenvalue weighted by Gasteiger charge is -2.32. The summed E-state index contributed by atoms with van der Waals surface area (Å²) < 4.78 is 0. The molecule has 5 heteroatoms. The van der Waals surface area contributed by atoms with Gasteiger partial charge in [0.2, 0.25) is 0 Å². The standard InChI is InChI=1S/C11H18N4O/c1-6-10(12-3)13-7(2)14-11(6)15-8-4-9(16)5-8/h8-9,16H,4-5H2,1-3H3,(H2,12,13,14,15). The van der Waals surface area contributed by atoms with E-state index in [-0.39, 0.29) is 6.10 Å². The second kappa shape index (κ2) is 4.25. The van der Waals surface area contributed by atoms with Crippen LogP contribution in [0.4, 0.5) is 11.6 Å². The summed E-state index contributed by atoms with van der Waals surface area (Å²) in [5.41, 5.74) is 1.02. The highest BCUT2D eigenvalue weighted by Gasteiger charge is 2.27. The minimum atomic E-state index is -0.149. The third-order valence-corrected chi connectivity index (χ3v) is 2.95. The molecule has 0 aromatic carbocycles. The number of hydrogen-bond acceptors (Lipinski definition) is 5. The summed E-state index contributed by atoms with van der Waals surface area (Å²) in [4.78, 5) is 8.69. The molecule has 2 rings (SSSR count). The van der Waals surface area contributed by atoms with Crippen LogP contribution in [0.2, 0.25) is 0 Å². The fourth-order valence-corrected chi connectivity index (χ4v) is 1.91. The molecule has 1 fully saturated rings. The van der Waals surface area contributed by atoms with Gasteiger partial charge in [-0.05, 0) is 26.7 Å². The van der Waals surface area contributed by atoms with Gasteiger partial charge in [-0.3, -0.25) is 0 Å². The first-order chi connectivity index (χ1) is 7.60. The summed E-state index contributed by atoms with van der Waals surface area (Å²) in [6.45, 7) is 3.86. The van der Waals surface area contributed by atoms with E-state index in [1.165, 1.54) is 0 Å². The van der Waals surface area contributed by atoms with Gasteiger partial charge in [0.15, 0.2) is 0 Å². The number of aryl methyl sites for hydroxylation is 1. The van der Waals surface area contributed by atoms with E-state index in [2.05, 4.69) is 20.6 Å². The molecule has 0 bridgehead atoms. The summed E-state index contributed by atoms with van der Waals surface area (Å²) in [5, 5.41) is 15.6. The Balaban J connectivity index is 2.16. The quantitative estimate of drug-likeness (QED) is 0.713. The number of rotatable bonds is 3. The van der Waals surface area contributed by atoms with Crippen molar-refractivity contribution in [2.45, 2.75) is 38.8 Å². The van der Waals surface area contributed by atoms with Crippen LogP contribution in [0.3, 0.4) is 0 Å². The van der Waals surface area contributed by atoms with E-state index in [1.54, 1.807) is 0 Å². The summed E-state index contributed by atoms with van der Waals surface area (Å²) in [6.07, 6.45) is 1.46. The Hall–Kier alpha value is -1.36. The number of nitrogens with one attached hydrogen (secondary N) is 2. The molecule has 1 aliphatic rings. The number of aromatic nitrogens is 2. The van der Waals surface area contributed by atoms with Crippen LogP contribution in [-0.2, 0) is 0 Å². The smallest absolute Gasteiger partial charge is 0.134 e. The van der Waals surface area contributed by atoms with Crippen LogP contribution in [0.5, 0.6) is 0 Å². The maximum absolute atomic E-state index is 9.24. The number of nitrogens with zero attached hydrogens (tertiary/aromatic N) is 2. The topological polar surface area (TPSA) is 70.1 Å². The number of aliphatic hydroxyl groups excluding tert-OH is 1. The first-order valence-electron chi connectivity index (χ1n) is 5.57. The summed E-state index contributed by atoms with van der Waals surface area (Å²) in [7, 11) is 1.85. The van der Waals surface area contributed by atoms with E-state index in [4.69, 9.17) is 0 Å². The average molecular weight is 222 g/mol. The molecule has 88 valence electrons. The Kier molecular flexibility index (Phi) is 2.96. The minimum absolute atomic E-state index is 0.149. The Bertz CT molecular complexity index is 388. The fraction of sp³-hybridized carbons (Fsp3) is 0.636. The third-order valence-electron chi connectivity index (χ3n) is 2.95. The monoisotopic (exact) mass is 222 g/mol. The van der Waals surface area contributed by atoms with E-state index in [0.29, 0.717) is 6.04 Å². The molecule has 0 saturated heterocycles. The van der Waals surface area contributed by atoms with Gasteiger partial charge >= 0.3 is 0 Å². The van der Waals surface area contributed by atoms with E-state index in [9.17, 15) is 5.11 Å². The first-order valence-corrected chi connectivity index (χ1v) is 5.57. The van der Waals surface area contributed by atoms with Crippen molar-refractivity contribution in [2.24, 2.45) is 0 Å². The van der Waals surface area contributed by atoms with Gasteiger partial charge in [-0.25, -0.2) is 9.97 Å². The van der Waals surface area contributed by atoms with E-state index in [0.717, 1.165) is 35.9 Å². The molecular formula is C11H18N4O. The second-order valence-corrected chi connectivity index (χ2v) is 4.31. The predicted molar refractivity (Wildman–Crippen MR) is 63.7 cm³/mol. The first kappa shape index (κ1) is 11.1. The molecule has 1 aromatic heterocycles. The van der Waals surface area contributed by atoms with Crippen molar-refractivity contribution < 1.29 is 5.11 Å². The normalized spacial score (nSPS) is 23.8. The maximum atomic E-state index is 9.24. The molecule has 0 amide bonds. The molecule has 0 atom stereocenters. The highest BCUT2D eigenvalue weighted by atomic mass is 16.3. The van der Waals surface area contributed by atoms with Gasteiger partial charge < -0.3 is 15.7 Å². The fourth-order valence-electron chi connectivity index (χ4n) is 1.91. The summed E-state index contributed by atoms with van der Waals surface area (Å²) in [6, 6.07) is 0.340. The zero-order chi connectivity index (χ0) is 11.7. The molecule has 1 saturated carbocycles. The lowest BCUT2D eigenvalue weighted by molar-refractivity contribution is 0.0835. The minimum Gasteiger partial charge on any atom is -0.393 e. The molecule has 0 spiro atoms.